The molecule has 0 aliphatic carbocycles. The molecule has 1 heterocycles. The highest BCUT2D eigenvalue weighted by Gasteiger charge is 2.20. The molecule has 2 aromatic rings. The van der Waals surface area contributed by atoms with E-state index >= 15 is 0 Å². The molecule has 0 amide bonds. The van der Waals surface area contributed by atoms with E-state index in [1.165, 1.54) is 32.4 Å². The van der Waals surface area contributed by atoms with Crippen molar-refractivity contribution >= 4 is 11.9 Å². The number of aromatic nitrogens is 1. The first-order valence-corrected chi connectivity index (χ1v) is 5.25. The Hall–Kier alpha value is -2.57. The lowest BCUT2D eigenvalue weighted by molar-refractivity contribution is 0.0596. The number of hydrogen-bond donors (Lipinski definition) is 1. The van der Waals surface area contributed by atoms with Crippen molar-refractivity contribution in [3.63, 3.8) is 0 Å². The standard InChI is InChI=1S/C12H11FN2O4/c1-17-11-7(12(16)18-2)3-6(4-8(11)13)9-5-10(14)19-15-9/h3-5H,14H2,1-2H3. The minimum Gasteiger partial charge on any atom is -0.493 e. The Bertz CT molecular complexity index is 624. The molecular weight excluding hydrogens is 255 g/mol. The van der Waals surface area contributed by atoms with E-state index in [0.29, 0.717) is 11.3 Å². The van der Waals surface area contributed by atoms with E-state index in [9.17, 15) is 9.18 Å². The molecule has 0 bridgehead atoms. The summed E-state index contributed by atoms with van der Waals surface area (Å²) in [5.74, 6) is -1.52. The van der Waals surface area contributed by atoms with Crippen LogP contribution in [0, 0.1) is 5.82 Å². The van der Waals surface area contributed by atoms with Crippen LogP contribution in [0.2, 0.25) is 0 Å². The van der Waals surface area contributed by atoms with E-state index < -0.39 is 11.8 Å². The van der Waals surface area contributed by atoms with E-state index in [-0.39, 0.29) is 17.2 Å². The van der Waals surface area contributed by atoms with Crippen LogP contribution in [0.1, 0.15) is 10.4 Å². The van der Waals surface area contributed by atoms with Gasteiger partial charge in [0.1, 0.15) is 11.3 Å². The normalized spacial score (nSPS) is 10.3. The number of nitrogen functional groups attached to an aromatic ring is 1. The third kappa shape index (κ3) is 2.35. The second-order valence-electron chi connectivity index (χ2n) is 3.64. The highest BCUT2D eigenvalue weighted by Crippen LogP contribution is 2.30. The first-order chi connectivity index (χ1) is 9.06. The lowest BCUT2D eigenvalue weighted by Gasteiger charge is -2.09. The Morgan fingerprint density at radius 1 is 1.37 bits per heavy atom. The highest BCUT2D eigenvalue weighted by atomic mass is 19.1. The molecule has 0 spiro atoms. The van der Waals surface area contributed by atoms with Crippen molar-refractivity contribution in [2.45, 2.75) is 0 Å². The van der Waals surface area contributed by atoms with Crippen LogP contribution in [-0.2, 0) is 4.74 Å². The van der Waals surface area contributed by atoms with E-state index in [1.54, 1.807) is 0 Å². The lowest BCUT2D eigenvalue weighted by atomic mass is 10.1. The smallest absolute Gasteiger partial charge is 0.341 e. The molecule has 0 saturated carbocycles. The third-order valence-corrected chi connectivity index (χ3v) is 2.48. The summed E-state index contributed by atoms with van der Waals surface area (Å²) in [4.78, 5) is 11.6. The predicted molar refractivity (Wildman–Crippen MR) is 64.2 cm³/mol. The molecule has 1 aromatic carbocycles. The quantitative estimate of drug-likeness (QED) is 0.853. The molecule has 0 aliphatic rings. The average molecular weight is 266 g/mol. The van der Waals surface area contributed by atoms with Crippen LogP contribution >= 0.6 is 0 Å². The topological polar surface area (TPSA) is 87.6 Å². The number of esters is 1. The van der Waals surface area contributed by atoms with Gasteiger partial charge >= 0.3 is 5.97 Å². The summed E-state index contributed by atoms with van der Waals surface area (Å²) < 4.78 is 28.0. The van der Waals surface area contributed by atoms with Crippen molar-refractivity contribution in [1.29, 1.82) is 0 Å². The second kappa shape index (κ2) is 4.97. The molecule has 0 aliphatic heterocycles. The first-order valence-electron chi connectivity index (χ1n) is 5.25. The van der Waals surface area contributed by atoms with Gasteiger partial charge in [-0.05, 0) is 12.1 Å². The SMILES string of the molecule is COC(=O)c1cc(-c2cc(N)on2)cc(F)c1OC. The number of ether oxygens (including phenoxy) is 2. The van der Waals surface area contributed by atoms with Crippen molar-refractivity contribution in [3.8, 4) is 17.0 Å². The van der Waals surface area contributed by atoms with Gasteiger partial charge in [0.05, 0.1) is 14.2 Å². The Morgan fingerprint density at radius 2 is 2.11 bits per heavy atom. The number of methoxy groups -OCH3 is 2. The molecular formula is C12H11FN2O4. The summed E-state index contributed by atoms with van der Waals surface area (Å²) in [7, 11) is 2.46. The van der Waals surface area contributed by atoms with Crippen molar-refractivity contribution in [2.24, 2.45) is 0 Å². The molecule has 7 heteroatoms. The zero-order valence-corrected chi connectivity index (χ0v) is 10.3. The van der Waals surface area contributed by atoms with Crippen LogP contribution in [0.5, 0.6) is 5.75 Å². The van der Waals surface area contributed by atoms with Gasteiger partial charge in [0, 0.05) is 11.6 Å². The molecule has 1 aromatic heterocycles. The van der Waals surface area contributed by atoms with Gasteiger partial charge in [0.25, 0.3) is 0 Å². The number of nitrogens with two attached hydrogens (primary N) is 1. The molecule has 6 nitrogen and oxygen atoms in total. The van der Waals surface area contributed by atoms with Crippen LogP contribution in [-0.4, -0.2) is 25.3 Å². The summed E-state index contributed by atoms with van der Waals surface area (Å²) in [6.45, 7) is 0. The molecule has 100 valence electrons. The van der Waals surface area contributed by atoms with Crippen LogP contribution in [0.3, 0.4) is 0 Å². The Labute approximate surface area is 107 Å². The fourth-order valence-corrected chi connectivity index (χ4v) is 1.64. The van der Waals surface area contributed by atoms with Gasteiger partial charge in [-0.1, -0.05) is 5.16 Å². The zero-order valence-electron chi connectivity index (χ0n) is 10.3. The minimum atomic E-state index is -0.714. The van der Waals surface area contributed by atoms with Crippen LogP contribution in [0.25, 0.3) is 11.3 Å². The molecule has 0 atom stereocenters. The van der Waals surface area contributed by atoms with Crippen LogP contribution in [0.4, 0.5) is 10.3 Å². The van der Waals surface area contributed by atoms with Crippen LogP contribution < -0.4 is 10.5 Å². The van der Waals surface area contributed by atoms with E-state index in [4.69, 9.17) is 15.0 Å². The van der Waals surface area contributed by atoms with Crippen molar-refractivity contribution < 1.29 is 23.2 Å². The lowest BCUT2D eigenvalue weighted by Crippen LogP contribution is -2.06. The van der Waals surface area contributed by atoms with Gasteiger partial charge in [-0.15, -0.1) is 0 Å². The summed E-state index contributed by atoms with van der Waals surface area (Å²) >= 11 is 0. The Balaban J connectivity index is 2.59. The number of anilines is 1. The largest absolute Gasteiger partial charge is 0.493 e. The first kappa shape index (κ1) is 12.9. The zero-order chi connectivity index (χ0) is 14.0. The van der Waals surface area contributed by atoms with Crippen LogP contribution in [0.15, 0.2) is 22.7 Å². The summed E-state index contributed by atoms with van der Waals surface area (Å²) in [6, 6.07) is 3.98. The predicted octanol–water partition coefficient (Wildman–Crippen LogP) is 1.86. The maximum absolute atomic E-state index is 13.9. The maximum Gasteiger partial charge on any atom is 0.341 e. The molecule has 19 heavy (non-hydrogen) atoms. The van der Waals surface area contributed by atoms with Gasteiger partial charge in [-0.3, -0.25) is 0 Å². The molecule has 0 saturated heterocycles. The fourth-order valence-electron chi connectivity index (χ4n) is 1.64. The van der Waals surface area contributed by atoms with Gasteiger partial charge < -0.3 is 19.7 Å². The van der Waals surface area contributed by atoms with E-state index in [0.717, 1.165) is 0 Å². The second-order valence-corrected chi connectivity index (χ2v) is 3.64. The summed E-state index contributed by atoms with van der Waals surface area (Å²) in [5, 5.41) is 3.65. The van der Waals surface area contributed by atoms with Gasteiger partial charge in [-0.2, -0.15) is 0 Å². The average Bonchev–Trinajstić information content (AvgIpc) is 2.83. The summed E-state index contributed by atoms with van der Waals surface area (Å²) in [6.07, 6.45) is 0. The van der Waals surface area contributed by atoms with Gasteiger partial charge in [0.2, 0.25) is 5.88 Å². The number of benzene rings is 1. The van der Waals surface area contributed by atoms with Crippen molar-refractivity contribution in [2.75, 3.05) is 20.0 Å². The number of carbonyl (C=O) groups is 1. The number of hydrogen-bond acceptors (Lipinski definition) is 6. The highest BCUT2D eigenvalue weighted by molar-refractivity contribution is 5.94. The van der Waals surface area contributed by atoms with E-state index in [1.807, 2.05) is 0 Å². The summed E-state index contributed by atoms with van der Waals surface area (Å²) in [5.41, 5.74) is 6.00. The van der Waals surface area contributed by atoms with Gasteiger partial charge in [-0.25, -0.2) is 9.18 Å². The Kier molecular flexibility index (Phi) is 3.37. The fraction of sp³-hybridized carbons (Fsp3) is 0.167. The van der Waals surface area contributed by atoms with E-state index in [2.05, 4.69) is 9.89 Å². The molecule has 0 fully saturated rings. The number of nitrogens with zero attached hydrogens (tertiary/aromatic N) is 1. The Morgan fingerprint density at radius 3 is 2.63 bits per heavy atom. The maximum atomic E-state index is 13.9. The monoisotopic (exact) mass is 266 g/mol. The van der Waals surface area contributed by atoms with Gasteiger partial charge in [0.15, 0.2) is 11.6 Å². The molecule has 2 rings (SSSR count). The molecule has 0 radical (unpaired) electrons. The number of halogens is 1. The van der Waals surface area contributed by atoms with Crippen molar-refractivity contribution in [3.05, 3.63) is 29.6 Å². The minimum absolute atomic E-state index is 0.0402. The molecule has 0 unspecified atom stereocenters. The third-order valence-electron chi connectivity index (χ3n) is 2.48. The molecule has 2 N–H and O–H groups in total. The van der Waals surface area contributed by atoms with Crippen molar-refractivity contribution in [1.82, 2.24) is 5.16 Å². The number of rotatable bonds is 3. The number of carbonyl (C=O) groups excluding carboxylic acids is 1.